The van der Waals surface area contributed by atoms with E-state index < -0.39 is 5.82 Å². The summed E-state index contributed by atoms with van der Waals surface area (Å²) >= 11 is 0. The van der Waals surface area contributed by atoms with Gasteiger partial charge in [-0.25, -0.2) is 4.39 Å². The van der Waals surface area contributed by atoms with Gasteiger partial charge in [0.05, 0.1) is 18.7 Å². The van der Waals surface area contributed by atoms with Crippen LogP contribution in [0.3, 0.4) is 0 Å². The van der Waals surface area contributed by atoms with Crippen molar-refractivity contribution < 1.29 is 19.1 Å². The van der Waals surface area contributed by atoms with Gasteiger partial charge < -0.3 is 10.0 Å². The second-order valence-electron chi connectivity index (χ2n) is 7.34. The number of halogens is 1. The minimum atomic E-state index is -0.400. The Morgan fingerprint density at radius 2 is 1.73 bits per heavy atom. The molecule has 156 valence electrons. The number of nitrogens with zero attached hydrogens (tertiary/aromatic N) is 4. The molecule has 1 aromatic heterocycles. The molecule has 0 unspecified atom stereocenters. The first kappa shape index (κ1) is 20.2. The molecule has 0 spiro atoms. The Morgan fingerprint density at radius 1 is 1.00 bits per heavy atom. The van der Waals surface area contributed by atoms with Gasteiger partial charge in [0.2, 0.25) is 0 Å². The van der Waals surface area contributed by atoms with E-state index in [2.05, 4.69) is 9.88 Å². The molecule has 7 nitrogen and oxygen atoms in total. The van der Waals surface area contributed by atoms with Crippen LogP contribution in [0, 0.1) is 5.82 Å². The van der Waals surface area contributed by atoms with E-state index in [9.17, 15) is 14.0 Å². The van der Waals surface area contributed by atoms with Crippen LogP contribution in [0.2, 0.25) is 0 Å². The van der Waals surface area contributed by atoms with Crippen LogP contribution in [-0.2, 0) is 16.1 Å². The van der Waals surface area contributed by atoms with Crippen molar-refractivity contribution in [2.75, 3.05) is 39.3 Å². The molecular formula is C22H23FN4O3. The van der Waals surface area contributed by atoms with Crippen molar-refractivity contribution in [3.8, 4) is 0 Å². The van der Waals surface area contributed by atoms with Crippen molar-refractivity contribution in [2.24, 2.45) is 0 Å². The zero-order chi connectivity index (χ0) is 21.1. The van der Waals surface area contributed by atoms with Crippen LogP contribution in [0.5, 0.6) is 0 Å². The number of rotatable bonds is 6. The minimum Gasteiger partial charge on any atom is -0.395 e. The number of piperazine rings is 1. The molecule has 1 fully saturated rings. The average molecular weight is 410 g/mol. The first-order valence-electron chi connectivity index (χ1n) is 9.92. The molecule has 0 bridgehead atoms. The molecule has 0 aliphatic carbocycles. The highest BCUT2D eigenvalue weighted by Crippen LogP contribution is 2.33. The number of pyridine rings is 1. The van der Waals surface area contributed by atoms with E-state index in [1.165, 1.54) is 29.2 Å². The van der Waals surface area contributed by atoms with Crippen molar-refractivity contribution in [1.82, 2.24) is 19.7 Å². The van der Waals surface area contributed by atoms with Crippen molar-refractivity contribution in [3.05, 3.63) is 71.4 Å². The van der Waals surface area contributed by atoms with Crippen LogP contribution in [-0.4, -0.2) is 75.9 Å². The molecule has 0 saturated carbocycles. The molecule has 30 heavy (non-hydrogen) atoms. The molecule has 1 aromatic carbocycles. The maximum absolute atomic E-state index is 13.5. The second-order valence-corrected chi connectivity index (χ2v) is 7.34. The zero-order valence-electron chi connectivity index (χ0n) is 16.5. The van der Waals surface area contributed by atoms with Gasteiger partial charge in [0, 0.05) is 45.1 Å². The van der Waals surface area contributed by atoms with Crippen molar-refractivity contribution in [2.45, 2.75) is 6.54 Å². The van der Waals surface area contributed by atoms with E-state index in [1.807, 2.05) is 11.0 Å². The Hall–Kier alpha value is -3.10. The Kier molecular flexibility index (Phi) is 5.87. The van der Waals surface area contributed by atoms with Gasteiger partial charge in [0.1, 0.15) is 11.5 Å². The Morgan fingerprint density at radius 3 is 2.37 bits per heavy atom. The molecule has 2 aliphatic heterocycles. The number of carbonyl (C=O) groups is 2. The fraction of sp³-hybridized carbons (Fsp3) is 0.318. The number of amides is 2. The average Bonchev–Trinajstić information content (AvgIpc) is 3.01. The summed E-state index contributed by atoms with van der Waals surface area (Å²) in [7, 11) is 0. The van der Waals surface area contributed by atoms with E-state index in [0.29, 0.717) is 49.6 Å². The largest absolute Gasteiger partial charge is 0.395 e. The fourth-order valence-corrected chi connectivity index (χ4v) is 3.89. The number of imide groups is 1. The van der Waals surface area contributed by atoms with E-state index in [4.69, 9.17) is 5.11 Å². The molecule has 0 radical (unpaired) electrons. The Balaban J connectivity index is 1.67. The predicted molar refractivity (Wildman–Crippen MR) is 108 cm³/mol. The predicted octanol–water partition coefficient (Wildman–Crippen LogP) is 1.11. The highest BCUT2D eigenvalue weighted by Gasteiger charge is 2.42. The number of carbonyl (C=O) groups excluding carboxylic acids is 2. The highest BCUT2D eigenvalue weighted by atomic mass is 19.1. The number of benzene rings is 1. The number of aliphatic hydroxyl groups excluding tert-OH is 1. The number of β-amino-alcohol motifs (C(OH)–C–C–N with tert-alkyl or cyclic N) is 1. The molecule has 0 atom stereocenters. The summed E-state index contributed by atoms with van der Waals surface area (Å²) in [5, 5.41) is 9.15. The van der Waals surface area contributed by atoms with Gasteiger partial charge in [0.25, 0.3) is 11.8 Å². The van der Waals surface area contributed by atoms with Gasteiger partial charge in [-0.1, -0.05) is 18.2 Å². The second kappa shape index (κ2) is 8.73. The Bertz CT molecular complexity index is 954. The third-order valence-electron chi connectivity index (χ3n) is 5.44. The molecule has 2 aliphatic rings. The van der Waals surface area contributed by atoms with Crippen LogP contribution < -0.4 is 0 Å². The van der Waals surface area contributed by atoms with Crippen LogP contribution >= 0.6 is 0 Å². The lowest BCUT2D eigenvalue weighted by molar-refractivity contribution is -0.138. The first-order chi connectivity index (χ1) is 14.6. The normalized spacial score (nSPS) is 17.9. The summed E-state index contributed by atoms with van der Waals surface area (Å²) < 4.78 is 13.5. The van der Waals surface area contributed by atoms with Gasteiger partial charge in [-0.2, -0.15) is 0 Å². The van der Waals surface area contributed by atoms with Gasteiger partial charge in [-0.15, -0.1) is 0 Å². The third-order valence-corrected chi connectivity index (χ3v) is 5.44. The molecule has 1 saturated heterocycles. The van der Waals surface area contributed by atoms with E-state index in [0.717, 1.165) is 5.56 Å². The summed E-state index contributed by atoms with van der Waals surface area (Å²) in [6, 6.07) is 9.23. The molecule has 3 heterocycles. The van der Waals surface area contributed by atoms with E-state index >= 15 is 0 Å². The van der Waals surface area contributed by atoms with Crippen LogP contribution in [0.4, 0.5) is 4.39 Å². The maximum Gasteiger partial charge on any atom is 0.278 e. The monoisotopic (exact) mass is 410 g/mol. The molecule has 4 rings (SSSR count). The fourth-order valence-electron chi connectivity index (χ4n) is 3.89. The summed E-state index contributed by atoms with van der Waals surface area (Å²) in [4.78, 5) is 35.9. The zero-order valence-corrected chi connectivity index (χ0v) is 16.5. The van der Waals surface area contributed by atoms with Gasteiger partial charge >= 0.3 is 0 Å². The molecule has 2 amide bonds. The molecule has 2 aromatic rings. The van der Waals surface area contributed by atoms with Gasteiger partial charge in [-0.3, -0.25) is 24.4 Å². The molecule has 8 heteroatoms. The minimum absolute atomic E-state index is 0.0832. The lowest BCUT2D eigenvalue weighted by Crippen LogP contribution is -2.48. The molecular weight excluding hydrogens is 387 g/mol. The lowest BCUT2D eigenvalue weighted by atomic mass is 10.0. The van der Waals surface area contributed by atoms with Crippen LogP contribution in [0.1, 0.15) is 11.1 Å². The van der Waals surface area contributed by atoms with E-state index in [-0.39, 0.29) is 25.0 Å². The lowest BCUT2D eigenvalue weighted by Gasteiger charge is -2.36. The maximum atomic E-state index is 13.5. The number of aromatic nitrogens is 1. The Labute approximate surface area is 174 Å². The SMILES string of the molecule is O=C1C(c2ccc(F)cc2)=C(N2CCN(CCO)CC2)C(=O)N1Cc1cccnc1. The van der Waals surface area contributed by atoms with Crippen molar-refractivity contribution in [1.29, 1.82) is 0 Å². The number of hydrogen-bond donors (Lipinski definition) is 1. The summed E-state index contributed by atoms with van der Waals surface area (Å²) in [6.45, 7) is 3.30. The summed E-state index contributed by atoms with van der Waals surface area (Å²) in [5.74, 6) is -1.13. The smallest absolute Gasteiger partial charge is 0.278 e. The van der Waals surface area contributed by atoms with Crippen molar-refractivity contribution in [3.63, 3.8) is 0 Å². The van der Waals surface area contributed by atoms with Gasteiger partial charge in [0.15, 0.2) is 0 Å². The van der Waals surface area contributed by atoms with E-state index in [1.54, 1.807) is 18.5 Å². The van der Waals surface area contributed by atoms with Gasteiger partial charge in [-0.05, 0) is 29.3 Å². The summed E-state index contributed by atoms with van der Waals surface area (Å²) in [5.41, 5.74) is 1.95. The topological polar surface area (TPSA) is 77.0 Å². The number of hydrogen-bond acceptors (Lipinski definition) is 6. The third kappa shape index (κ3) is 3.96. The molecule has 1 N–H and O–H groups in total. The number of aliphatic hydroxyl groups is 1. The van der Waals surface area contributed by atoms with Crippen molar-refractivity contribution >= 4 is 17.4 Å². The first-order valence-corrected chi connectivity index (χ1v) is 9.92. The summed E-state index contributed by atoms with van der Waals surface area (Å²) in [6.07, 6.45) is 3.26. The quantitative estimate of drug-likeness (QED) is 0.719. The van der Waals surface area contributed by atoms with Crippen LogP contribution in [0.25, 0.3) is 5.57 Å². The van der Waals surface area contributed by atoms with Crippen LogP contribution in [0.15, 0.2) is 54.5 Å². The highest BCUT2D eigenvalue weighted by molar-refractivity contribution is 6.35. The standard InChI is InChI=1S/C22H23FN4O3/c23-18-5-3-17(4-6-18)19-20(26-10-8-25(9-11-26)12-13-28)22(30)27(21(19)29)15-16-2-1-7-24-14-16/h1-7,14,28H,8-13,15H2.